The van der Waals surface area contributed by atoms with Gasteiger partial charge in [0.15, 0.2) is 0 Å². The van der Waals surface area contributed by atoms with Crippen LogP contribution in [0.15, 0.2) is 0 Å². The molecule has 0 aromatic carbocycles. The van der Waals surface area contributed by atoms with Crippen LogP contribution in [0.2, 0.25) is 0 Å². The summed E-state index contributed by atoms with van der Waals surface area (Å²) in [7, 11) is 0. The van der Waals surface area contributed by atoms with Gasteiger partial charge in [-0.25, -0.2) is 0 Å². The van der Waals surface area contributed by atoms with E-state index in [1.165, 1.54) is 0 Å². The fraction of sp³-hybridized carbons (Fsp3) is 0.833. The summed E-state index contributed by atoms with van der Waals surface area (Å²) >= 11 is 0. The number of hydrogen-bond acceptors (Lipinski definition) is 3. The Bertz CT molecular complexity index is 244. The fourth-order valence-corrected chi connectivity index (χ4v) is 1.27. The van der Waals surface area contributed by atoms with E-state index in [1.54, 1.807) is 6.92 Å². The molecule has 0 aromatic heterocycles. The van der Waals surface area contributed by atoms with E-state index in [4.69, 9.17) is 0 Å². The molecule has 5 nitrogen and oxygen atoms in total. The summed E-state index contributed by atoms with van der Waals surface area (Å²) in [6.07, 6.45) is 1.32. The lowest BCUT2D eigenvalue weighted by Gasteiger charge is -2.14. The normalized spacial score (nSPS) is 13.9. The van der Waals surface area contributed by atoms with Gasteiger partial charge < -0.3 is 16.0 Å². The first-order valence-corrected chi connectivity index (χ1v) is 6.31. The van der Waals surface area contributed by atoms with E-state index in [-0.39, 0.29) is 23.9 Å². The third-order valence-corrected chi connectivity index (χ3v) is 2.57. The molecule has 0 aliphatic heterocycles. The van der Waals surface area contributed by atoms with Crippen molar-refractivity contribution in [3.8, 4) is 0 Å². The topological polar surface area (TPSA) is 70.2 Å². The third-order valence-electron chi connectivity index (χ3n) is 2.57. The summed E-state index contributed by atoms with van der Waals surface area (Å²) in [5, 5.41) is 8.62. The minimum Gasteiger partial charge on any atom is -0.355 e. The van der Waals surface area contributed by atoms with Crippen LogP contribution in [0.4, 0.5) is 0 Å². The summed E-state index contributed by atoms with van der Waals surface area (Å²) in [6.45, 7) is 8.81. The number of carbonyl (C=O) groups is 2. The summed E-state index contributed by atoms with van der Waals surface area (Å²) in [5.41, 5.74) is 0. The van der Waals surface area contributed by atoms with E-state index in [0.29, 0.717) is 19.5 Å². The number of hydrogen-bond donors (Lipinski definition) is 3. The van der Waals surface area contributed by atoms with E-state index in [0.717, 1.165) is 6.42 Å². The highest BCUT2D eigenvalue weighted by atomic mass is 16.2. The van der Waals surface area contributed by atoms with Crippen molar-refractivity contribution in [1.82, 2.24) is 16.0 Å². The van der Waals surface area contributed by atoms with E-state index < -0.39 is 0 Å². The van der Waals surface area contributed by atoms with E-state index in [9.17, 15) is 9.59 Å². The van der Waals surface area contributed by atoms with Crippen molar-refractivity contribution < 1.29 is 9.59 Å². The van der Waals surface area contributed by atoms with Crippen LogP contribution in [0.1, 0.15) is 40.5 Å². The van der Waals surface area contributed by atoms with Crippen LogP contribution in [0.5, 0.6) is 0 Å². The first kappa shape index (κ1) is 15.9. The molecule has 0 spiro atoms. The van der Waals surface area contributed by atoms with Crippen LogP contribution in [-0.4, -0.2) is 37.0 Å². The molecule has 0 rings (SSSR count). The highest BCUT2D eigenvalue weighted by Gasteiger charge is 2.11. The Balaban J connectivity index is 3.69. The maximum absolute atomic E-state index is 11.4. The van der Waals surface area contributed by atoms with Gasteiger partial charge in [-0.1, -0.05) is 6.92 Å². The van der Waals surface area contributed by atoms with Crippen LogP contribution >= 0.6 is 0 Å². The zero-order valence-electron chi connectivity index (χ0n) is 11.3. The van der Waals surface area contributed by atoms with Crippen molar-refractivity contribution in [2.75, 3.05) is 13.1 Å². The lowest BCUT2D eigenvalue weighted by atomic mass is 10.2. The van der Waals surface area contributed by atoms with Crippen molar-refractivity contribution in [3.63, 3.8) is 0 Å². The molecular formula is C12H25N3O2. The van der Waals surface area contributed by atoms with Crippen LogP contribution < -0.4 is 16.0 Å². The van der Waals surface area contributed by atoms with Crippen LogP contribution in [0, 0.1) is 0 Å². The van der Waals surface area contributed by atoms with Gasteiger partial charge in [-0.05, 0) is 27.2 Å². The van der Waals surface area contributed by atoms with Gasteiger partial charge in [-0.3, -0.25) is 9.59 Å². The highest BCUT2D eigenvalue weighted by Crippen LogP contribution is 1.90. The molecule has 0 heterocycles. The third kappa shape index (κ3) is 7.74. The van der Waals surface area contributed by atoms with Crippen molar-refractivity contribution in [1.29, 1.82) is 0 Å². The molecule has 100 valence electrons. The Morgan fingerprint density at radius 1 is 1.18 bits per heavy atom. The highest BCUT2D eigenvalue weighted by molar-refractivity contribution is 5.81. The summed E-state index contributed by atoms with van der Waals surface area (Å²) < 4.78 is 0. The molecule has 3 N–H and O–H groups in total. The minimum absolute atomic E-state index is 0.0231. The molecule has 2 amide bonds. The van der Waals surface area contributed by atoms with E-state index in [1.807, 2.05) is 20.8 Å². The smallest absolute Gasteiger partial charge is 0.236 e. The van der Waals surface area contributed by atoms with Gasteiger partial charge in [-0.15, -0.1) is 0 Å². The van der Waals surface area contributed by atoms with Gasteiger partial charge >= 0.3 is 0 Å². The monoisotopic (exact) mass is 243 g/mol. The molecule has 0 bridgehead atoms. The van der Waals surface area contributed by atoms with Crippen LogP contribution in [0.3, 0.4) is 0 Å². The van der Waals surface area contributed by atoms with E-state index >= 15 is 0 Å². The Labute approximate surface area is 104 Å². The van der Waals surface area contributed by atoms with Crippen molar-refractivity contribution in [3.05, 3.63) is 0 Å². The standard InChI is InChI=1S/C12H25N3O2/c1-5-9(3)15-11(16)7-8-14-10(4)12(17)13-6-2/h9-10,14H,5-8H2,1-4H3,(H,13,17)(H,15,16). The number of nitrogens with one attached hydrogen (secondary N) is 3. The molecule has 0 saturated heterocycles. The van der Waals surface area contributed by atoms with Crippen LogP contribution in [-0.2, 0) is 9.59 Å². The van der Waals surface area contributed by atoms with Crippen molar-refractivity contribution >= 4 is 11.8 Å². The van der Waals surface area contributed by atoms with Gasteiger partial charge in [0.05, 0.1) is 6.04 Å². The molecule has 0 aliphatic rings. The molecule has 0 aromatic rings. The van der Waals surface area contributed by atoms with Crippen LogP contribution in [0.25, 0.3) is 0 Å². The summed E-state index contributed by atoms with van der Waals surface area (Å²) in [4.78, 5) is 22.8. The fourth-order valence-electron chi connectivity index (χ4n) is 1.27. The van der Waals surface area contributed by atoms with Gasteiger partial charge in [-0.2, -0.15) is 0 Å². The van der Waals surface area contributed by atoms with Gasteiger partial charge in [0.1, 0.15) is 0 Å². The predicted octanol–water partition coefficient (Wildman–Crippen LogP) is 0.405. The number of carbonyl (C=O) groups excluding carboxylic acids is 2. The molecule has 0 fully saturated rings. The maximum atomic E-state index is 11.4. The van der Waals surface area contributed by atoms with Gasteiger partial charge in [0.25, 0.3) is 0 Å². The summed E-state index contributed by atoms with van der Waals surface area (Å²) in [5.74, 6) is -0.00946. The molecule has 2 atom stereocenters. The lowest BCUT2D eigenvalue weighted by molar-refractivity contribution is -0.124. The maximum Gasteiger partial charge on any atom is 0.236 e. The largest absolute Gasteiger partial charge is 0.355 e. The molecule has 2 unspecified atom stereocenters. The zero-order chi connectivity index (χ0) is 13.3. The molecule has 0 aliphatic carbocycles. The molecular weight excluding hydrogens is 218 g/mol. The second-order valence-electron chi connectivity index (χ2n) is 4.20. The second-order valence-corrected chi connectivity index (χ2v) is 4.20. The number of amides is 2. The Hall–Kier alpha value is -1.10. The van der Waals surface area contributed by atoms with Crippen molar-refractivity contribution in [2.24, 2.45) is 0 Å². The predicted molar refractivity (Wildman–Crippen MR) is 68.7 cm³/mol. The average Bonchev–Trinajstić information content (AvgIpc) is 2.28. The molecule has 5 heteroatoms. The first-order chi connectivity index (χ1) is 8.01. The second kappa shape index (κ2) is 8.98. The molecule has 17 heavy (non-hydrogen) atoms. The van der Waals surface area contributed by atoms with Gasteiger partial charge in [0, 0.05) is 25.6 Å². The Morgan fingerprint density at radius 2 is 1.82 bits per heavy atom. The van der Waals surface area contributed by atoms with E-state index in [2.05, 4.69) is 16.0 Å². The first-order valence-electron chi connectivity index (χ1n) is 6.31. The van der Waals surface area contributed by atoms with Gasteiger partial charge in [0.2, 0.25) is 11.8 Å². The Morgan fingerprint density at radius 3 is 2.35 bits per heavy atom. The average molecular weight is 243 g/mol. The SMILES string of the molecule is CCNC(=O)C(C)NCCC(=O)NC(C)CC. The quantitative estimate of drug-likeness (QED) is 0.578. The molecule has 0 saturated carbocycles. The Kier molecular flexibility index (Phi) is 8.40. The molecule has 0 radical (unpaired) electrons. The summed E-state index contributed by atoms with van der Waals surface area (Å²) in [6, 6.07) is -0.0466. The zero-order valence-corrected chi connectivity index (χ0v) is 11.3. The van der Waals surface area contributed by atoms with Crippen molar-refractivity contribution in [2.45, 2.75) is 52.6 Å². The number of likely N-dealkylation sites (N-methyl/N-ethyl adjacent to an activating group) is 1. The lowest BCUT2D eigenvalue weighted by Crippen LogP contribution is -2.43. The number of rotatable bonds is 8. The minimum atomic E-state index is -0.258.